The standard InChI is InChI=1S/C19H34N/c1-5-6-7-8-9-10-11-14-17-20(3,4)19-16-13-12-15-18(19)2/h12-13,15-16H,5-11,14,17H2,1-4H3/q+1. The molecule has 0 saturated heterocycles. The SMILES string of the molecule is CCCCCCCCCC[N+](C)(C)c1ccccc1C. The Labute approximate surface area is 126 Å². The van der Waals surface area contributed by atoms with E-state index >= 15 is 0 Å². The number of benzene rings is 1. The van der Waals surface area contributed by atoms with Crippen LogP contribution in [0.15, 0.2) is 24.3 Å². The highest BCUT2D eigenvalue weighted by Crippen LogP contribution is 2.24. The molecule has 0 atom stereocenters. The maximum absolute atomic E-state index is 2.34. The van der Waals surface area contributed by atoms with E-state index in [0.717, 1.165) is 4.48 Å². The van der Waals surface area contributed by atoms with Gasteiger partial charge in [-0.25, -0.2) is 0 Å². The van der Waals surface area contributed by atoms with Crippen LogP contribution in [-0.4, -0.2) is 20.6 Å². The molecule has 0 amide bonds. The van der Waals surface area contributed by atoms with Crippen molar-refractivity contribution in [2.75, 3.05) is 20.6 Å². The Balaban J connectivity index is 2.22. The van der Waals surface area contributed by atoms with Crippen molar-refractivity contribution in [3.8, 4) is 0 Å². The van der Waals surface area contributed by atoms with E-state index in [1.807, 2.05) is 0 Å². The molecule has 0 bridgehead atoms. The molecule has 0 aliphatic carbocycles. The molecule has 1 rings (SSSR count). The van der Waals surface area contributed by atoms with E-state index in [4.69, 9.17) is 0 Å². The number of hydrogen-bond donors (Lipinski definition) is 0. The van der Waals surface area contributed by atoms with Crippen LogP contribution < -0.4 is 4.48 Å². The predicted octanol–water partition coefficient (Wildman–Crippen LogP) is 5.70. The lowest BCUT2D eigenvalue weighted by molar-refractivity contribution is 0.379. The Hall–Kier alpha value is -0.820. The van der Waals surface area contributed by atoms with Crippen molar-refractivity contribution < 1.29 is 0 Å². The second-order valence-electron chi connectivity index (χ2n) is 6.67. The Kier molecular flexibility index (Phi) is 7.91. The van der Waals surface area contributed by atoms with Crippen molar-refractivity contribution in [1.82, 2.24) is 4.48 Å². The Morgan fingerprint density at radius 3 is 1.95 bits per heavy atom. The quantitative estimate of drug-likeness (QED) is 0.380. The summed E-state index contributed by atoms with van der Waals surface area (Å²) in [6, 6.07) is 8.80. The minimum Gasteiger partial charge on any atom is -0.296 e. The summed E-state index contributed by atoms with van der Waals surface area (Å²) < 4.78 is 1.02. The van der Waals surface area contributed by atoms with Gasteiger partial charge in [-0.05, 0) is 25.8 Å². The van der Waals surface area contributed by atoms with E-state index < -0.39 is 0 Å². The number of hydrogen-bond acceptors (Lipinski definition) is 0. The smallest absolute Gasteiger partial charge is 0.135 e. The highest BCUT2D eigenvalue weighted by Gasteiger charge is 2.19. The van der Waals surface area contributed by atoms with Crippen LogP contribution in [0.1, 0.15) is 63.9 Å². The molecule has 1 nitrogen and oxygen atoms in total. The summed E-state index contributed by atoms with van der Waals surface area (Å²) in [5.74, 6) is 0. The van der Waals surface area contributed by atoms with Crippen LogP contribution in [0.3, 0.4) is 0 Å². The van der Waals surface area contributed by atoms with Crippen molar-refractivity contribution in [2.24, 2.45) is 0 Å². The largest absolute Gasteiger partial charge is 0.296 e. The molecule has 0 unspecified atom stereocenters. The van der Waals surface area contributed by atoms with Crippen LogP contribution in [0.2, 0.25) is 0 Å². The lowest BCUT2D eigenvalue weighted by atomic mass is 10.1. The highest BCUT2D eigenvalue weighted by molar-refractivity contribution is 5.48. The predicted molar refractivity (Wildman–Crippen MR) is 92.3 cm³/mol. The van der Waals surface area contributed by atoms with Gasteiger partial charge in [0, 0.05) is 5.56 Å². The maximum Gasteiger partial charge on any atom is 0.135 e. The molecule has 114 valence electrons. The third-order valence-electron chi connectivity index (χ3n) is 4.34. The molecule has 1 aromatic carbocycles. The van der Waals surface area contributed by atoms with Gasteiger partial charge in [0.15, 0.2) is 0 Å². The molecule has 0 aromatic heterocycles. The average molecular weight is 276 g/mol. The second kappa shape index (κ2) is 9.18. The van der Waals surface area contributed by atoms with Gasteiger partial charge in [0.2, 0.25) is 0 Å². The fraction of sp³-hybridized carbons (Fsp3) is 0.684. The first kappa shape index (κ1) is 17.2. The first-order chi connectivity index (χ1) is 9.58. The first-order valence-electron chi connectivity index (χ1n) is 8.47. The van der Waals surface area contributed by atoms with Crippen LogP contribution in [0.5, 0.6) is 0 Å². The van der Waals surface area contributed by atoms with Crippen molar-refractivity contribution >= 4 is 5.69 Å². The molecule has 0 aliphatic heterocycles. The summed E-state index contributed by atoms with van der Waals surface area (Å²) in [4.78, 5) is 0. The number of para-hydroxylation sites is 1. The molecule has 0 N–H and O–H groups in total. The van der Waals surface area contributed by atoms with Gasteiger partial charge >= 0.3 is 0 Å². The Morgan fingerprint density at radius 2 is 1.35 bits per heavy atom. The lowest BCUT2D eigenvalue weighted by Gasteiger charge is -2.30. The zero-order chi connectivity index (χ0) is 14.8. The molecule has 1 heteroatoms. The summed E-state index contributed by atoms with van der Waals surface area (Å²) in [5, 5.41) is 0. The number of aryl methyl sites for hydroxylation is 1. The van der Waals surface area contributed by atoms with Gasteiger partial charge in [-0.3, -0.25) is 4.48 Å². The summed E-state index contributed by atoms with van der Waals surface area (Å²) in [7, 11) is 4.67. The first-order valence-corrected chi connectivity index (χ1v) is 8.47. The maximum atomic E-state index is 2.34. The van der Waals surface area contributed by atoms with Gasteiger partial charge in [0.25, 0.3) is 0 Å². The van der Waals surface area contributed by atoms with Gasteiger partial charge in [0.05, 0.1) is 20.6 Å². The molecule has 0 heterocycles. The van der Waals surface area contributed by atoms with Crippen molar-refractivity contribution in [2.45, 2.75) is 65.2 Å². The van der Waals surface area contributed by atoms with Gasteiger partial charge in [-0.1, -0.05) is 63.6 Å². The van der Waals surface area contributed by atoms with Crippen molar-refractivity contribution in [1.29, 1.82) is 0 Å². The van der Waals surface area contributed by atoms with Crippen LogP contribution in [0.25, 0.3) is 0 Å². The van der Waals surface area contributed by atoms with Gasteiger partial charge in [0.1, 0.15) is 5.69 Å². The third kappa shape index (κ3) is 6.09. The van der Waals surface area contributed by atoms with E-state index in [-0.39, 0.29) is 0 Å². The van der Waals surface area contributed by atoms with E-state index in [9.17, 15) is 0 Å². The minimum atomic E-state index is 1.02. The average Bonchev–Trinajstić information content (AvgIpc) is 2.42. The van der Waals surface area contributed by atoms with Gasteiger partial charge in [-0.2, -0.15) is 0 Å². The monoisotopic (exact) mass is 276 g/mol. The van der Waals surface area contributed by atoms with Gasteiger partial charge < -0.3 is 0 Å². The highest BCUT2D eigenvalue weighted by atomic mass is 15.3. The fourth-order valence-corrected chi connectivity index (χ4v) is 3.00. The molecule has 0 spiro atoms. The normalized spacial score (nSPS) is 11.8. The number of rotatable bonds is 10. The number of quaternary nitrogens is 1. The summed E-state index contributed by atoms with van der Waals surface area (Å²) in [6.07, 6.45) is 11.2. The third-order valence-corrected chi connectivity index (χ3v) is 4.34. The van der Waals surface area contributed by atoms with Crippen molar-refractivity contribution in [3.63, 3.8) is 0 Å². The molecular weight excluding hydrogens is 242 g/mol. The topological polar surface area (TPSA) is 0 Å². The van der Waals surface area contributed by atoms with E-state index in [0.29, 0.717) is 0 Å². The van der Waals surface area contributed by atoms with Crippen LogP contribution in [0, 0.1) is 6.92 Å². The van der Waals surface area contributed by atoms with Crippen molar-refractivity contribution in [3.05, 3.63) is 29.8 Å². The molecule has 20 heavy (non-hydrogen) atoms. The second-order valence-corrected chi connectivity index (χ2v) is 6.67. The fourth-order valence-electron chi connectivity index (χ4n) is 3.00. The van der Waals surface area contributed by atoms with Crippen LogP contribution >= 0.6 is 0 Å². The van der Waals surface area contributed by atoms with E-state index in [1.165, 1.54) is 69.2 Å². The summed E-state index contributed by atoms with van der Waals surface area (Å²) in [6.45, 7) is 5.76. The molecular formula is C19H34N+. The number of unbranched alkanes of at least 4 members (excludes halogenated alkanes) is 7. The molecule has 0 fully saturated rings. The number of nitrogens with zero attached hydrogens (tertiary/aromatic N) is 1. The molecule has 0 radical (unpaired) electrons. The summed E-state index contributed by atoms with van der Waals surface area (Å²) >= 11 is 0. The minimum absolute atomic E-state index is 1.02. The zero-order valence-electron chi connectivity index (χ0n) is 14.1. The Morgan fingerprint density at radius 1 is 0.800 bits per heavy atom. The van der Waals surface area contributed by atoms with Gasteiger partial charge in [-0.15, -0.1) is 0 Å². The van der Waals surface area contributed by atoms with E-state index in [1.54, 1.807) is 0 Å². The summed E-state index contributed by atoms with van der Waals surface area (Å²) in [5.41, 5.74) is 2.88. The lowest BCUT2D eigenvalue weighted by Crippen LogP contribution is -2.41. The molecule has 0 aliphatic rings. The van der Waals surface area contributed by atoms with Crippen LogP contribution in [-0.2, 0) is 0 Å². The molecule has 0 saturated carbocycles. The van der Waals surface area contributed by atoms with E-state index in [2.05, 4.69) is 52.2 Å². The zero-order valence-corrected chi connectivity index (χ0v) is 14.1. The van der Waals surface area contributed by atoms with Crippen LogP contribution in [0.4, 0.5) is 5.69 Å². The molecule has 1 aromatic rings. The Bertz CT molecular complexity index is 368.